The van der Waals surface area contributed by atoms with E-state index in [2.05, 4.69) is 43.8 Å². The van der Waals surface area contributed by atoms with Crippen molar-refractivity contribution in [2.24, 2.45) is 7.05 Å². The van der Waals surface area contributed by atoms with Crippen LogP contribution >= 0.6 is 11.6 Å². The smallest absolute Gasteiger partial charge is 0.261 e. The van der Waals surface area contributed by atoms with Crippen LogP contribution in [0.3, 0.4) is 0 Å². The highest BCUT2D eigenvalue weighted by atomic mass is 35.5. The molecule has 0 unspecified atom stereocenters. The van der Waals surface area contributed by atoms with E-state index < -0.39 is 10.0 Å². The standard InChI is InChI=1S/C18H26ClN5O2S/c1-22-15-20-18(17(22)19)27(25,26)21-8-5-9-23-10-12-24(13-11-23)14-16-6-3-2-4-7-16/h2-4,6-7,15,21H,5,8-14H2,1H3. The van der Waals surface area contributed by atoms with Crippen LogP contribution in [-0.4, -0.2) is 67.0 Å². The quantitative estimate of drug-likeness (QED) is 0.667. The number of hydrogen-bond acceptors (Lipinski definition) is 5. The molecule has 27 heavy (non-hydrogen) atoms. The van der Waals surface area contributed by atoms with E-state index in [0.717, 1.165) is 45.7 Å². The molecule has 0 saturated carbocycles. The number of nitrogens with one attached hydrogen (secondary N) is 1. The number of aromatic nitrogens is 2. The number of benzene rings is 1. The van der Waals surface area contributed by atoms with Gasteiger partial charge in [-0.05, 0) is 18.5 Å². The van der Waals surface area contributed by atoms with E-state index in [1.54, 1.807) is 7.05 Å². The van der Waals surface area contributed by atoms with Gasteiger partial charge < -0.3 is 9.47 Å². The van der Waals surface area contributed by atoms with Gasteiger partial charge in [-0.3, -0.25) is 4.90 Å². The molecule has 1 aliphatic heterocycles. The summed E-state index contributed by atoms with van der Waals surface area (Å²) < 4.78 is 28.5. The second-order valence-corrected chi connectivity index (χ2v) is 8.85. The normalized spacial score (nSPS) is 16.7. The minimum absolute atomic E-state index is 0.110. The molecule has 3 rings (SSSR count). The molecule has 7 nitrogen and oxygen atoms in total. The molecule has 0 aliphatic carbocycles. The van der Waals surface area contributed by atoms with Crippen molar-refractivity contribution in [3.63, 3.8) is 0 Å². The molecule has 1 fully saturated rings. The number of piperazine rings is 1. The maximum Gasteiger partial charge on any atom is 0.261 e. The Hall–Kier alpha value is -1.45. The Morgan fingerprint density at radius 2 is 1.78 bits per heavy atom. The minimum atomic E-state index is -3.66. The first kappa shape index (κ1) is 20.3. The van der Waals surface area contributed by atoms with Crippen LogP contribution in [0.1, 0.15) is 12.0 Å². The zero-order chi connectivity index (χ0) is 19.3. The first-order chi connectivity index (χ1) is 13.0. The summed E-state index contributed by atoms with van der Waals surface area (Å²) in [6, 6.07) is 10.5. The molecular weight excluding hydrogens is 386 g/mol. The van der Waals surface area contributed by atoms with Crippen LogP contribution in [0.15, 0.2) is 41.7 Å². The third-order valence-electron chi connectivity index (χ3n) is 4.75. The molecule has 0 amide bonds. The van der Waals surface area contributed by atoms with Crippen LogP contribution in [0.4, 0.5) is 0 Å². The average molecular weight is 412 g/mol. The predicted octanol–water partition coefficient (Wildman–Crippen LogP) is 1.56. The monoisotopic (exact) mass is 411 g/mol. The van der Waals surface area contributed by atoms with E-state index >= 15 is 0 Å². The summed E-state index contributed by atoms with van der Waals surface area (Å²) in [5.41, 5.74) is 1.34. The maximum atomic E-state index is 12.2. The Kier molecular flexibility index (Phi) is 6.88. The van der Waals surface area contributed by atoms with Crippen molar-refractivity contribution < 1.29 is 8.42 Å². The SMILES string of the molecule is Cn1cnc(S(=O)(=O)NCCCN2CCN(Cc3ccccc3)CC2)c1Cl. The van der Waals surface area contributed by atoms with Gasteiger partial charge in [0.25, 0.3) is 10.0 Å². The Morgan fingerprint density at radius 3 is 2.41 bits per heavy atom. The maximum absolute atomic E-state index is 12.2. The minimum Gasteiger partial charge on any atom is -0.324 e. The third kappa shape index (κ3) is 5.52. The molecule has 2 aromatic rings. The summed E-state index contributed by atoms with van der Waals surface area (Å²) in [5, 5.41) is 0.0123. The van der Waals surface area contributed by atoms with Crippen molar-refractivity contribution in [1.82, 2.24) is 24.1 Å². The molecule has 9 heteroatoms. The van der Waals surface area contributed by atoms with Gasteiger partial charge in [-0.1, -0.05) is 41.9 Å². The van der Waals surface area contributed by atoms with Gasteiger partial charge in [0.1, 0.15) is 5.15 Å². The molecule has 0 bridgehead atoms. The molecule has 0 radical (unpaired) electrons. The van der Waals surface area contributed by atoms with E-state index in [0.29, 0.717) is 6.54 Å². The Balaban J connectivity index is 1.36. The lowest BCUT2D eigenvalue weighted by atomic mass is 10.2. The molecule has 1 aliphatic rings. The van der Waals surface area contributed by atoms with Crippen molar-refractivity contribution >= 4 is 21.6 Å². The number of nitrogens with zero attached hydrogens (tertiary/aromatic N) is 4. The van der Waals surface area contributed by atoms with Gasteiger partial charge in [0.15, 0.2) is 0 Å². The zero-order valence-corrected chi connectivity index (χ0v) is 17.1. The molecule has 1 N–H and O–H groups in total. The first-order valence-electron chi connectivity index (χ1n) is 9.11. The summed E-state index contributed by atoms with van der Waals surface area (Å²) in [6.45, 7) is 6.31. The lowest BCUT2D eigenvalue weighted by Crippen LogP contribution is -2.46. The van der Waals surface area contributed by atoms with Gasteiger partial charge in [0, 0.05) is 46.3 Å². The van der Waals surface area contributed by atoms with Gasteiger partial charge in [-0.2, -0.15) is 0 Å². The highest BCUT2D eigenvalue weighted by Crippen LogP contribution is 2.18. The Labute approximate surface area is 166 Å². The second-order valence-electron chi connectivity index (χ2n) is 6.81. The summed E-state index contributed by atoms with van der Waals surface area (Å²) in [7, 11) is -2.00. The van der Waals surface area contributed by atoms with Gasteiger partial charge in [0.2, 0.25) is 5.03 Å². The van der Waals surface area contributed by atoms with Gasteiger partial charge in [0.05, 0.1) is 6.33 Å². The van der Waals surface area contributed by atoms with Crippen molar-refractivity contribution in [3.8, 4) is 0 Å². The van der Waals surface area contributed by atoms with Crippen LogP contribution in [0.5, 0.6) is 0 Å². The fourth-order valence-electron chi connectivity index (χ4n) is 3.16. The van der Waals surface area contributed by atoms with Crippen LogP contribution in [-0.2, 0) is 23.6 Å². The first-order valence-corrected chi connectivity index (χ1v) is 11.0. The van der Waals surface area contributed by atoms with Crippen molar-refractivity contribution in [2.75, 3.05) is 39.3 Å². The van der Waals surface area contributed by atoms with E-state index in [4.69, 9.17) is 11.6 Å². The second kappa shape index (κ2) is 9.16. The number of imidazole rings is 1. The zero-order valence-electron chi connectivity index (χ0n) is 15.5. The molecule has 0 spiro atoms. The van der Waals surface area contributed by atoms with Crippen molar-refractivity contribution in [1.29, 1.82) is 0 Å². The molecule has 2 heterocycles. The summed E-state index contributed by atoms with van der Waals surface area (Å²) >= 11 is 5.97. The van der Waals surface area contributed by atoms with Crippen molar-refractivity contribution in [2.45, 2.75) is 18.0 Å². The van der Waals surface area contributed by atoms with Crippen LogP contribution in [0.25, 0.3) is 0 Å². The van der Waals surface area contributed by atoms with Gasteiger partial charge in [-0.25, -0.2) is 18.1 Å². The molecule has 1 saturated heterocycles. The van der Waals surface area contributed by atoms with Gasteiger partial charge in [-0.15, -0.1) is 0 Å². The van der Waals surface area contributed by atoms with E-state index in [1.807, 2.05) is 6.07 Å². The number of halogens is 1. The molecular formula is C18H26ClN5O2S. The van der Waals surface area contributed by atoms with Crippen molar-refractivity contribution in [3.05, 3.63) is 47.4 Å². The van der Waals surface area contributed by atoms with Gasteiger partial charge >= 0.3 is 0 Å². The number of aryl methyl sites for hydroxylation is 1. The fourth-order valence-corrected chi connectivity index (χ4v) is 4.66. The topological polar surface area (TPSA) is 70.5 Å². The number of sulfonamides is 1. The molecule has 148 valence electrons. The third-order valence-corrected chi connectivity index (χ3v) is 6.70. The van der Waals surface area contributed by atoms with E-state index in [9.17, 15) is 8.42 Å². The summed E-state index contributed by atoms with van der Waals surface area (Å²) in [4.78, 5) is 8.70. The Morgan fingerprint density at radius 1 is 1.11 bits per heavy atom. The van der Waals surface area contributed by atoms with E-state index in [1.165, 1.54) is 16.5 Å². The largest absolute Gasteiger partial charge is 0.324 e. The van der Waals surface area contributed by atoms with Crippen LogP contribution in [0, 0.1) is 0 Å². The van der Waals surface area contributed by atoms with Crippen LogP contribution < -0.4 is 4.72 Å². The summed E-state index contributed by atoms with van der Waals surface area (Å²) in [6.07, 6.45) is 2.15. The molecule has 1 aromatic heterocycles. The number of rotatable bonds is 8. The highest BCUT2D eigenvalue weighted by Gasteiger charge is 2.22. The highest BCUT2D eigenvalue weighted by molar-refractivity contribution is 7.89. The van der Waals surface area contributed by atoms with Crippen LogP contribution in [0.2, 0.25) is 5.15 Å². The average Bonchev–Trinajstić information content (AvgIpc) is 3.01. The predicted molar refractivity (Wildman–Crippen MR) is 106 cm³/mol. The Bertz CT molecular complexity index is 833. The molecule has 0 atom stereocenters. The fraction of sp³-hybridized carbons (Fsp3) is 0.500. The number of hydrogen-bond donors (Lipinski definition) is 1. The molecule has 1 aromatic carbocycles. The lowest BCUT2D eigenvalue weighted by molar-refractivity contribution is 0.126. The lowest BCUT2D eigenvalue weighted by Gasteiger charge is -2.34. The van der Waals surface area contributed by atoms with E-state index in [-0.39, 0.29) is 10.2 Å². The summed E-state index contributed by atoms with van der Waals surface area (Å²) in [5.74, 6) is 0.